The van der Waals surface area contributed by atoms with Crippen LogP contribution in [0.2, 0.25) is 0 Å². The lowest BCUT2D eigenvalue weighted by Crippen LogP contribution is -2.23. The zero-order chi connectivity index (χ0) is 15.6. The maximum absolute atomic E-state index is 6.00. The topological polar surface area (TPSA) is 68.2 Å². The molecular formula is C17H21N5S. The second kappa shape index (κ2) is 6.28. The molecule has 120 valence electrons. The fraction of sp³-hybridized carbons (Fsp3) is 0.412. The van der Waals surface area contributed by atoms with Gasteiger partial charge in [-0.3, -0.25) is 4.99 Å². The van der Waals surface area contributed by atoms with Crippen LogP contribution in [0, 0.1) is 0 Å². The summed E-state index contributed by atoms with van der Waals surface area (Å²) in [5.41, 5.74) is 11.0. The van der Waals surface area contributed by atoms with E-state index in [-0.39, 0.29) is 0 Å². The third-order valence-corrected chi connectivity index (χ3v) is 5.34. The smallest absolute Gasteiger partial charge is 0.193 e. The number of imidazole rings is 1. The molecule has 0 radical (unpaired) electrons. The Morgan fingerprint density at radius 3 is 3.17 bits per heavy atom. The van der Waals surface area contributed by atoms with Crippen molar-refractivity contribution < 1.29 is 0 Å². The number of aryl methyl sites for hydroxylation is 3. The molecule has 3 N–H and O–H groups in total. The molecule has 0 spiro atoms. The van der Waals surface area contributed by atoms with Gasteiger partial charge in [0, 0.05) is 37.1 Å². The van der Waals surface area contributed by atoms with Crippen LogP contribution in [0.25, 0.3) is 0 Å². The lowest BCUT2D eigenvalue weighted by atomic mass is 10.1. The van der Waals surface area contributed by atoms with Crippen LogP contribution in [0.15, 0.2) is 34.5 Å². The molecule has 1 aliphatic carbocycles. The molecule has 1 aromatic carbocycles. The summed E-state index contributed by atoms with van der Waals surface area (Å²) in [5, 5.41) is 4.33. The second-order valence-corrected chi connectivity index (χ2v) is 7.10. The Morgan fingerprint density at radius 1 is 1.35 bits per heavy atom. The van der Waals surface area contributed by atoms with E-state index in [2.05, 4.69) is 44.3 Å². The second-order valence-electron chi connectivity index (χ2n) is 6.04. The number of benzene rings is 1. The van der Waals surface area contributed by atoms with Crippen LogP contribution in [0.3, 0.4) is 0 Å². The van der Waals surface area contributed by atoms with Gasteiger partial charge in [-0.2, -0.15) is 0 Å². The number of aromatic nitrogens is 2. The van der Waals surface area contributed by atoms with Crippen molar-refractivity contribution in [1.82, 2.24) is 9.55 Å². The van der Waals surface area contributed by atoms with E-state index >= 15 is 0 Å². The summed E-state index contributed by atoms with van der Waals surface area (Å²) in [6.45, 7) is 1.73. The highest BCUT2D eigenvalue weighted by Crippen LogP contribution is 2.25. The van der Waals surface area contributed by atoms with Crippen molar-refractivity contribution in [2.75, 3.05) is 17.6 Å². The van der Waals surface area contributed by atoms with Crippen LogP contribution in [0.4, 0.5) is 5.69 Å². The van der Waals surface area contributed by atoms with E-state index in [0.29, 0.717) is 12.5 Å². The van der Waals surface area contributed by atoms with Crippen LogP contribution >= 0.6 is 11.8 Å². The minimum Gasteiger partial charge on any atom is -0.370 e. The molecule has 0 saturated heterocycles. The van der Waals surface area contributed by atoms with Gasteiger partial charge in [-0.25, -0.2) is 4.98 Å². The molecule has 0 unspecified atom stereocenters. The van der Waals surface area contributed by atoms with E-state index in [1.165, 1.54) is 30.4 Å². The number of aliphatic imine (C=N–C) groups is 1. The standard InChI is InChI=1S/C17H21N5S/c18-16(20-14-5-4-12-2-1-3-13(12)10-14)19-7-6-15-11-22-8-9-23-17(22)21-15/h4-5,10-11H,1-3,6-9H2,(H3,18,19,20). The Morgan fingerprint density at radius 2 is 2.26 bits per heavy atom. The molecule has 0 fully saturated rings. The molecule has 1 aliphatic heterocycles. The van der Waals surface area contributed by atoms with Gasteiger partial charge in [-0.15, -0.1) is 0 Å². The Balaban J connectivity index is 1.33. The van der Waals surface area contributed by atoms with Gasteiger partial charge in [0.25, 0.3) is 0 Å². The number of hydrogen-bond acceptors (Lipinski definition) is 3. The summed E-state index contributed by atoms with van der Waals surface area (Å²) < 4.78 is 2.22. The first kappa shape index (κ1) is 14.6. The molecule has 2 aromatic rings. The van der Waals surface area contributed by atoms with E-state index < -0.39 is 0 Å². The summed E-state index contributed by atoms with van der Waals surface area (Å²) in [4.78, 5) is 9.02. The molecule has 0 bridgehead atoms. The van der Waals surface area contributed by atoms with Crippen molar-refractivity contribution in [2.24, 2.45) is 10.7 Å². The number of rotatable bonds is 4. The van der Waals surface area contributed by atoms with Crippen LogP contribution in [-0.2, 0) is 25.8 Å². The fourth-order valence-corrected chi connectivity index (χ4v) is 4.17. The molecule has 5 nitrogen and oxygen atoms in total. The van der Waals surface area contributed by atoms with Crippen molar-refractivity contribution >= 4 is 23.4 Å². The van der Waals surface area contributed by atoms with E-state index in [0.717, 1.165) is 35.3 Å². The number of nitrogens with one attached hydrogen (secondary N) is 1. The summed E-state index contributed by atoms with van der Waals surface area (Å²) in [6.07, 6.45) is 6.59. The fourth-order valence-electron chi connectivity index (χ4n) is 3.21. The number of hydrogen-bond donors (Lipinski definition) is 2. The molecule has 0 saturated carbocycles. The highest BCUT2D eigenvalue weighted by molar-refractivity contribution is 7.99. The SMILES string of the molecule is NC(=NCCc1cn2c(n1)SCC2)Nc1ccc2c(c1)CCC2. The molecule has 0 atom stereocenters. The predicted molar refractivity (Wildman–Crippen MR) is 95.2 cm³/mol. The Hall–Kier alpha value is -1.95. The largest absolute Gasteiger partial charge is 0.370 e. The lowest BCUT2D eigenvalue weighted by Gasteiger charge is -2.07. The first-order valence-corrected chi connectivity index (χ1v) is 9.14. The van der Waals surface area contributed by atoms with Gasteiger partial charge in [0.05, 0.1) is 5.69 Å². The van der Waals surface area contributed by atoms with E-state index in [4.69, 9.17) is 5.73 Å². The maximum atomic E-state index is 6.00. The zero-order valence-corrected chi connectivity index (χ0v) is 13.9. The summed E-state index contributed by atoms with van der Waals surface area (Å²) >= 11 is 1.82. The number of guanidine groups is 1. The molecule has 2 heterocycles. The normalized spacial score (nSPS) is 16.4. The number of anilines is 1. The van der Waals surface area contributed by atoms with Crippen molar-refractivity contribution in [2.45, 2.75) is 37.4 Å². The minimum absolute atomic E-state index is 0.476. The van der Waals surface area contributed by atoms with Crippen LogP contribution in [-0.4, -0.2) is 27.8 Å². The number of nitrogens with two attached hydrogens (primary N) is 1. The molecule has 23 heavy (non-hydrogen) atoms. The van der Waals surface area contributed by atoms with Gasteiger partial charge in [0.1, 0.15) is 0 Å². The first-order chi connectivity index (χ1) is 11.3. The Kier molecular flexibility index (Phi) is 3.99. The summed E-state index contributed by atoms with van der Waals surface area (Å²) in [6, 6.07) is 6.48. The summed E-state index contributed by atoms with van der Waals surface area (Å²) in [5.74, 6) is 1.61. The number of nitrogens with zero attached hydrogens (tertiary/aromatic N) is 3. The molecule has 1 aromatic heterocycles. The first-order valence-electron chi connectivity index (χ1n) is 8.15. The van der Waals surface area contributed by atoms with Gasteiger partial charge < -0.3 is 15.6 Å². The van der Waals surface area contributed by atoms with Crippen molar-refractivity contribution in [3.63, 3.8) is 0 Å². The van der Waals surface area contributed by atoms with E-state index in [1.54, 1.807) is 0 Å². The predicted octanol–water partition coefficient (Wildman–Crippen LogP) is 2.45. The van der Waals surface area contributed by atoms with Crippen LogP contribution < -0.4 is 11.1 Å². The average molecular weight is 327 g/mol. The van der Waals surface area contributed by atoms with Gasteiger partial charge in [-0.1, -0.05) is 17.8 Å². The maximum Gasteiger partial charge on any atom is 0.193 e. The Labute approximate surface area is 140 Å². The molecule has 6 heteroatoms. The van der Waals surface area contributed by atoms with Gasteiger partial charge in [0.15, 0.2) is 11.1 Å². The van der Waals surface area contributed by atoms with Crippen molar-refractivity contribution in [3.8, 4) is 0 Å². The summed E-state index contributed by atoms with van der Waals surface area (Å²) in [7, 11) is 0. The molecule has 0 amide bonds. The minimum atomic E-state index is 0.476. The quantitative estimate of drug-likeness (QED) is 0.668. The molecule has 4 rings (SSSR count). The molecular weight excluding hydrogens is 306 g/mol. The average Bonchev–Trinajstić information content (AvgIpc) is 3.21. The highest BCUT2D eigenvalue weighted by atomic mass is 32.2. The van der Waals surface area contributed by atoms with Crippen LogP contribution in [0.1, 0.15) is 23.2 Å². The number of fused-ring (bicyclic) bond motifs is 2. The highest BCUT2D eigenvalue weighted by Gasteiger charge is 2.14. The monoisotopic (exact) mass is 327 g/mol. The van der Waals surface area contributed by atoms with Crippen molar-refractivity contribution in [3.05, 3.63) is 41.2 Å². The zero-order valence-electron chi connectivity index (χ0n) is 13.1. The van der Waals surface area contributed by atoms with Gasteiger partial charge in [-0.05, 0) is 42.5 Å². The van der Waals surface area contributed by atoms with Gasteiger partial charge >= 0.3 is 0 Å². The number of thioether (sulfide) groups is 1. The van der Waals surface area contributed by atoms with Crippen molar-refractivity contribution in [1.29, 1.82) is 0 Å². The van der Waals surface area contributed by atoms with Gasteiger partial charge in [0.2, 0.25) is 0 Å². The third kappa shape index (κ3) is 3.22. The van der Waals surface area contributed by atoms with Crippen LogP contribution in [0.5, 0.6) is 0 Å². The van der Waals surface area contributed by atoms with E-state index in [1.807, 2.05) is 11.8 Å². The Bertz CT molecular complexity index is 728. The lowest BCUT2D eigenvalue weighted by molar-refractivity contribution is 0.719. The third-order valence-electron chi connectivity index (χ3n) is 4.37. The molecule has 2 aliphatic rings. The van der Waals surface area contributed by atoms with E-state index in [9.17, 15) is 0 Å².